The number of nitrogens with two attached hydrogens (primary N) is 1. The van der Waals surface area contributed by atoms with Crippen LogP contribution in [0.25, 0.3) is 0 Å². The SMILES string of the molecule is CCSCCC(N)C(=O)O.OCC(O)C(O)C(O)C(O)CO. The van der Waals surface area contributed by atoms with E-state index in [9.17, 15) is 4.79 Å². The van der Waals surface area contributed by atoms with E-state index in [1.807, 2.05) is 6.92 Å². The Bertz CT molecular complexity index is 270. The van der Waals surface area contributed by atoms with E-state index >= 15 is 0 Å². The van der Waals surface area contributed by atoms with Gasteiger partial charge in [0.1, 0.15) is 30.5 Å². The van der Waals surface area contributed by atoms with Gasteiger partial charge < -0.3 is 41.5 Å². The molecular weight excluding hydrogens is 318 g/mol. The maximum Gasteiger partial charge on any atom is 0.320 e. The summed E-state index contributed by atoms with van der Waals surface area (Å²) < 4.78 is 0. The van der Waals surface area contributed by atoms with Crippen LogP contribution < -0.4 is 5.73 Å². The molecule has 9 nitrogen and oxygen atoms in total. The van der Waals surface area contributed by atoms with Gasteiger partial charge in [-0.25, -0.2) is 0 Å². The highest BCUT2D eigenvalue weighted by atomic mass is 32.2. The average molecular weight is 345 g/mol. The smallest absolute Gasteiger partial charge is 0.320 e. The minimum atomic E-state index is -1.67. The summed E-state index contributed by atoms with van der Waals surface area (Å²) in [6.07, 6.45) is -5.83. The van der Waals surface area contributed by atoms with Gasteiger partial charge in [0, 0.05) is 0 Å². The number of aliphatic carboxylic acids is 1. The molecule has 0 aliphatic carbocycles. The monoisotopic (exact) mass is 345 g/mol. The minimum absolute atomic E-state index is 0.563. The standard InChI is InChI=1S/C6H13NO2S.C6H14O6/c1-2-10-4-3-5(7)6(8)9;7-1-3(9)5(11)6(12)4(10)2-8/h5H,2-4,7H2,1H3,(H,8,9);3-12H,1-2H2. The zero-order valence-electron chi connectivity index (χ0n) is 12.4. The molecule has 0 aromatic heterocycles. The van der Waals surface area contributed by atoms with Gasteiger partial charge in [-0.3, -0.25) is 4.79 Å². The maximum atomic E-state index is 10.2. The number of carboxylic acid groups (broad SMARTS) is 1. The van der Waals surface area contributed by atoms with Crippen LogP contribution >= 0.6 is 11.8 Å². The van der Waals surface area contributed by atoms with Crippen LogP contribution in [0.5, 0.6) is 0 Å². The van der Waals surface area contributed by atoms with Gasteiger partial charge in [-0.15, -0.1) is 0 Å². The fourth-order valence-electron chi connectivity index (χ4n) is 1.15. The number of carbonyl (C=O) groups is 1. The molecule has 0 rings (SSSR count). The second kappa shape index (κ2) is 14.2. The van der Waals surface area contributed by atoms with Crippen molar-refractivity contribution in [3.8, 4) is 0 Å². The Balaban J connectivity index is 0. The Hall–Kier alpha value is -0.460. The van der Waals surface area contributed by atoms with Gasteiger partial charge >= 0.3 is 5.97 Å². The number of hydrogen-bond acceptors (Lipinski definition) is 9. The third-order valence-electron chi connectivity index (χ3n) is 2.61. The predicted molar refractivity (Wildman–Crippen MR) is 81.4 cm³/mol. The van der Waals surface area contributed by atoms with Gasteiger partial charge in [-0.05, 0) is 17.9 Å². The summed E-state index contributed by atoms with van der Waals surface area (Å²) in [4.78, 5) is 10.2. The van der Waals surface area contributed by atoms with E-state index < -0.39 is 49.6 Å². The average Bonchev–Trinajstić information content (AvgIpc) is 2.52. The van der Waals surface area contributed by atoms with Crippen LogP contribution in [0.15, 0.2) is 0 Å². The van der Waals surface area contributed by atoms with E-state index in [1.165, 1.54) is 0 Å². The number of aliphatic hydroxyl groups excluding tert-OH is 6. The summed E-state index contributed by atoms with van der Waals surface area (Å²) in [6, 6.07) is -0.681. The van der Waals surface area contributed by atoms with E-state index in [4.69, 9.17) is 41.5 Å². The van der Waals surface area contributed by atoms with E-state index in [0.717, 1.165) is 11.5 Å². The fraction of sp³-hybridized carbons (Fsp3) is 0.917. The first-order valence-electron chi connectivity index (χ1n) is 6.72. The lowest BCUT2D eigenvalue weighted by atomic mass is 10.0. The van der Waals surface area contributed by atoms with Crippen molar-refractivity contribution in [1.82, 2.24) is 0 Å². The van der Waals surface area contributed by atoms with Crippen molar-refractivity contribution in [2.75, 3.05) is 24.7 Å². The van der Waals surface area contributed by atoms with Crippen LogP contribution in [0.3, 0.4) is 0 Å². The molecule has 0 bridgehead atoms. The molecule has 22 heavy (non-hydrogen) atoms. The van der Waals surface area contributed by atoms with Crippen LogP contribution in [0, 0.1) is 0 Å². The van der Waals surface area contributed by atoms with Gasteiger partial charge in [-0.1, -0.05) is 6.92 Å². The molecule has 0 saturated carbocycles. The van der Waals surface area contributed by atoms with E-state index in [2.05, 4.69) is 0 Å². The molecule has 0 aromatic rings. The highest BCUT2D eigenvalue weighted by Gasteiger charge is 2.29. The first-order chi connectivity index (χ1) is 10.2. The summed E-state index contributed by atoms with van der Waals surface area (Å²) in [5.74, 6) is 0.952. The molecule has 0 aliphatic rings. The summed E-state index contributed by atoms with van der Waals surface area (Å²) >= 11 is 1.71. The van der Waals surface area contributed by atoms with Gasteiger partial charge in [0.05, 0.1) is 13.2 Å². The third kappa shape index (κ3) is 11.2. The normalized spacial score (nSPS) is 17.6. The summed E-state index contributed by atoms with van der Waals surface area (Å²) in [7, 11) is 0. The molecule has 0 saturated heterocycles. The predicted octanol–water partition coefficient (Wildman–Crippen LogP) is -3.04. The van der Waals surface area contributed by atoms with E-state index in [-0.39, 0.29) is 0 Å². The van der Waals surface area contributed by atoms with Crippen molar-refractivity contribution in [3.05, 3.63) is 0 Å². The highest BCUT2D eigenvalue weighted by Crippen LogP contribution is 2.04. The second-order valence-corrected chi connectivity index (χ2v) is 5.81. The second-order valence-electron chi connectivity index (χ2n) is 4.41. The Morgan fingerprint density at radius 1 is 1.05 bits per heavy atom. The van der Waals surface area contributed by atoms with E-state index in [0.29, 0.717) is 6.42 Å². The molecule has 0 aromatic carbocycles. The molecule has 0 spiro atoms. The van der Waals surface area contributed by atoms with Crippen molar-refractivity contribution >= 4 is 17.7 Å². The molecule has 9 N–H and O–H groups in total. The maximum absolute atomic E-state index is 10.2. The number of aliphatic hydroxyl groups is 6. The van der Waals surface area contributed by atoms with Crippen LogP contribution in [0.4, 0.5) is 0 Å². The van der Waals surface area contributed by atoms with Crippen LogP contribution in [-0.4, -0.2) is 96.9 Å². The van der Waals surface area contributed by atoms with Crippen molar-refractivity contribution in [1.29, 1.82) is 0 Å². The first-order valence-corrected chi connectivity index (χ1v) is 7.88. The molecule has 0 radical (unpaired) electrons. The van der Waals surface area contributed by atoms with Gasteiger partial charge in [0.25, 0.3) is 0 Å². The molecule has 0 heterocycles. The molecule has 0 amide bonds. The fourth-order valence-corrected chi connectivity index (χ4v) is 1.86. The van der Waals surface area contributed by atoms with Crippen LogP contribution in [-0.2, 0) is 4.79 Å². The third-order valence-corrected chi connectivity index (χ3v) is 3.54. The molecule has 0 aliphatic heterocycles. The van der Waals surface area contributed by atoms with Gasteiger partial charge in [0.15, 0.2) is 0 Å². The number of hydrogen-bond donors (Lipinski definition) is 8. The van der Waals surface area contributed by atoms with Crippen molar-refractivity contribution < 1.29 is 40.5 Å². The lowest BCUT2D eigenvalue weighted by molar-refractivity contribution is -0.138. The largest absolute Gasteiger partial charge is 0.480 e. The molecule has 0 fully saturated rings. The van der Waals surface area contributed by atoms with Crippen molar-refractivity contribution in [3.63, 3.8) is 0 Å². The molecule has 5 atom stereocenters. The topological polar surface area (TPSA) is 185 Å². The van der Waals surface area contributed by atoms with Crippen molar-refractivity contribution in [2.24, 2.45) is 5.73 Å². The van der Waals surface area contributed by atoms with Crippen LogP contribution in [0.2, 0.25) is 0 Å². The summed E-state index contributed by atoms with van der Waals surface area (Å²) in [5, 5.41) is 60.5. The quantitative estimate of drug-likeness (QED) is 0.189. The molecule has 134 valence electrons. The van der Waals surface area contributed by atoms with Crippen molar-refractivity contribution in [2.45, 2.75) is 43.8 Å². The van der Waals surface area contributed by atoms with E-state index in [1.54, 1.807) is 11.8 Å². The molecule has 10 heteroatoms. The zero-order valence-corrected chi connectivity index (χ0v) is 13.3. The molecule has 5 unspecified atom stereocenters. The van der Waals surface area contributed by atoms with Gasteiger partial charge in [-0.2, -0.15) is 11.8 Å². The lowest BCUT2D eigenvalue weighted by Gasteiger charge is -2.24. The number of carboxylic acids is 1. The Morgan fingerprint density at radius 3 is 1.73 bits per heavy atom. The number of thioether (sulfide) groups is 1. The summed E-state index contributed by atoms with van der Waals surface area (Å²) in [6.45, 7) is 0.587. The Morgan fingerprint density at radius 2 is 1.45 bits per heavy atom. The minimum Gasteiger partial charge on any atom is -0.480 e. The van der Waals surface area contributed by atoms with Crippen LogP contribution in [0.1, 0.15) is 13.3 Å². The number of rotatable bonds is 10. The first kappa shape index (κ1) is 23.8. The zero-order chi connectivity index (χ0) is 17.7. The Labute approximate surface area is 133 Å². The Kier molecular flexibility index (Phi) is 15.3. The lowest BCUT2D eigenvalue weighted by Crippen LogP contribution is -2.46. The summed E-state index contributed by atoms with van der Waals surface area (Å²) in [5.41, 5.74) is 5.24. The highest BCUT2D eigenvalue weighted by molar-refractivity contribution is 7.99. The molecular formula is C12H27NO8S. The van der Waals surface area contributed by atoms with Gasteiger partial charge in [0.2, 0.25) is 0 Å².